The lowest BCUT2D eigenvalue weighted by atomic mass is 10.3. The summed E-state index contributed by atoms with van der Waals surface area (Å²) >= 11 is 9.25. The number of amides is 1. The van der Waals surface area contributed by atoms with Crippen LogP contribution in [0.1, 0.15) is 23.8 Å². The molecule has 0 fully saturated rings. The maximum atomic E-state index is 12.3. The molecule has 2 rings (SSSR count). The van der Waals surface area contributed by atoms with Crippen LogP contribution in [-0.2, 0) is 6.54 Å². The van der Waals surface area contributed by atoms with Crippen LogP contribution in [0.2, 0.25) is 5.02 Å². The van der Waals surface area contributed by atoms with Crippen LogP contribution in [0.25, 0.3) is 0 Å². The van der Waals surface area contributed by atoms with Gasteiger partial charge in [0.25, 0.3) is 5.91 Å². The van der Waals surface area contributed by atoms with Crippen LogP contribution >= 0.6 is 27.5 Å². The number of halogens is 2. The molecule has 1 aromatic heterocycles. The van der Waals surface area contributed by atoms with Crippen LogP contribution in [0.5, 0.6) is 0 Å². The molecular formula is C14H15BrClN3O. The van der Waals surface area contributed by atoms with E-state index in [1.165, 1.54) is 0 Å². The number of hydrogen-bond donors (Lipinski definition) is 2. The van der Waals surface area contributed by atoms with Gasteiger partial charge in [-0.05, 0) is 46.6 Å². The minimum atomic E-state index is -0.190. The number of nitrogens with zero attached hydrogens (tertiary/aromatic N) is 1. The van der Waals surface area contributed by atoms with Gasteiger partial charge in [-0.2, -0.15) is 0 Å². The summed E-state index contributed by atoms with van der Waals surface area (Å²) in [5.41, 5.74) is 7.57. The van der Waals surface area contributed by atoms with Gasteiger partial charge in [0.15, 0.2) is 0 Å². The zero-order valence-electron chi connectivity index (χ0n) is 11.0. The summed E-state index contributed by atoms with van der Waals surface area (Å²) in [6, 6.07) is 6.91. The number of nitrogen functional groups attached to an aromatic ring is 1. The summed E-state index contributed by atoms with van der Waals surface area (Å²) in [6.07, 6.45) is 2.71. The van der Waals surface area contributed by atoms with Crippen molar-refractivity contribution in [1.82, 2.24) is 4.57 Å². The molecule has 1 amide bonds. The standard InChI is InChI=1S/C14H15BrClN3O/c1-2-5-19-8-9(17)6-13(19)14(20)18-10-3-4-12(16)11(15)7-10/h3-4,6-8H,2,5,17H2,1H3,(H,18,20). The molecule has 1 heterocycles. The fourth-order valence-electron chi connectivity index (χ4n) is 1.92. The zero-order valence-corrected chi connectivity index (χ0v) is 13.3. The molecule has 2 aromatic rings. The maximum Gasteiger partial charge on any atom is 0.272 e. The number of anilines is 2. The molecule has 1 aromatic carbocycles. The molecule has 0 saturated heterocycles. The summed E-state index contributed by atoms with van der Waals surface area (Å²) in [5, 5.41) is 3.43. The Hall–Kier alpha value is -1.46. The van der Waals surface area contributed by atoms with E-state index >= 15 is 0 Å². The highest BCUT2D eigenvalue weighted by atomic mass is 79.9. The number of hydrogen-bond acceptors (Lipinski definition) is 2. The first-order valence-electron chi connectivity index (χ1n) is 6.23. The number of nitrogens with two attached hydrogens (primary N) is 1. The molecule has 20 heavy (non-hydrogen) atoms. The molecule has 0 aliphatic carbocycles. The van der Waals surface area contributed by atoms with E-state index in [1.54, 1.807) is 30.5 Å². The highest BCUT2D eigenvalue weighted by molar-refractivity contribution is 9.10. The van der Waals surface area contributed by atoms with Gasteiger partial charge in [0.1, 0.15) is 5.69 Å². The normalized spacial score (nSPS) is 10.6. The van der Waals surface area contributed by atoms with Gasteiger partial charge in [-0.1, -0.05) is 18.5 Å². The van der Waals surface area contributed by atoms with Gasteiger partial charge in [-0.3, -0.25) is 4.79 Å². The molecule has 0 aliphatic rings. The van der Waals surface area contributed by atoms with E-state index in [4.69, 9.17) is 17.3 Å². The summed E-state index contributed by atoms with van der Waals surface area (Å²) < 4.78 is 2.59. The average Bonchev–Trinajstić information content (AvgIpc) is 2.75. The lowest BCUT2D eigenvalue weighted by Gasteiger charge is -2.09. The topological polar surface area (TPSA) is 60.0 Å². The first-order valence-corrected chi connectivity index (χ1v) is 7.40. The third kappa shape index (κ3) is 3.35. The van der Waals surface area contributed by atoms with Gasteiger partial charge in [0, 0.05) is 22.9 Å². The molecule has 0 saturated carbocycles. The zero-order chi connectivity index (χ0) is 14.7. The Morgan fingerprint density at radius 2 is 2.20 bits per heavy atom. The molecule has 0 unspecified atom stereocenters. The molecule has 0 spiro atoms. The second-order valence-corrected chi connectivity index (χ2v) is 5.70. The second kappa shape index (κ2) is 6.33. The Labute approximate surface area is 131 Å². The van der Waals surface area contributed by atoms with Crippen LogP contribution in [0.15, 0.2) is 34.9 Å². The van der Waals surface area contributed by atoms with Gasteiger partial charge in [0.05, 0.1) is 10.7 Å². The molecule has 106 valence electrons. The minimum absolute atomic E-state index is 0.190. The Kier molecular flexibility index (Phi) is 4.73. The maximum absolute atomic E-state index is 12.3. The van der Waals surface area contributed by atoms with Crippen molar-refractivity contribution in [3.05, 3.63) is 45.7 Å². The van der Waals surface area contributed by atoms with Crippen LogP contribution in [0.3, 0.4) is 0 Å². The van der Waals surface area contributed by atoms with Crippen molar-refractivity contribution >= 4 is 44.8 Å². The smallest absolute Gasteiger partial charge is 0.272 e. The average molecular weight is 357 g/mol. The first-order chi connectivity index (χ1) is 9.51. The summed E-state index contributed by atoms with van der Waals surface area (Å²) in [5.74, 6) is -0.190. The molecule has 0 radical (unpaired) electrons. The molecule has 3 N–H and O–H groups in total. The van der Waals surface area contributed by atoms with E-state index in [0.29, 0.717) is 22.1 Å². The van der Waals surface area contributed by atoms with Crippen molar-refractivity contribution in [2.24, 2.45) is 0 Å². The van der Waals surface area contributed by atoms with Gasteiger partial charge in [-0.25, -0.2) is 0 Å². The van der Waals surface area contributed by atoms with Crippen molar-refractivity contribution in [2.45, 2.75) is 19.9 Å². The van der Waals surface area contributed by atoms with Gasteiger partial charge in [0.2, 0.25) is 0 Å². The van der Waals surface area contributed by atoms with Gasteiger partial charge < -0.3 is 15.6 Å². The SMILES string of the molecule is CCCn1cc(N)cc1C(=O)Nc1ccc(Cl)c(Br)c1. The van der Waals surface area contributed by atoms with Crippen molar-refractivity contribution in [3.8, 4) is 0 Å². The Bertz CT molecular complexity index is 639. The van der Waals surface area contributed by atoms with Gasteiger partial charge in [-0.15, -0.1) is 0 Å². The van der Waals surface area contributed by atoms with Crippen molar-refractivity contribution < 1.29 is 4.79 Å². The highest BCUT2D eigenvalue weighted by Crippen LogP contribution is 2.26. The van der Waals surface area contributed by atoms with Crippen LogP contribution in [0, 0.1) is 0 Å². The molecule has 6 heteroatoms. The first kappa shape index (κ1) is 14.9. The lowest BCUT2D eigenvalue weighted by Crippen LogP contribution is -2.16. The molecular weight excluding hydrogens is 342 g/mol. The largest absolute Gasteiger partial charge is 0.397 e. The van der Waals surface area contributed by atoms with Crippen molar-refractivity contribution in [1.29, 1.82) is 0 Å². The Morgan fingerprint density at radius 1 is 1.45 bits per heavy atom. The number of benzene rings is 1. The molecule has 0 aliphatic heterocycles. The lowest BCUT2D eigenvalue weighted by molar-refractivity contribution is 0.101. The molecule has 0 bridgehead atoms. The predicted molar refractivity (Wildman–Crippen MR) is 86.2 cm³/mol. The second-order valence-electron chi connectivity index (χ2n) is 4.44. The summed E-state index contributed by atoms with van der Waals surface area (Å²) in [4.78, 5) is 12.3. The van der Waals surface area contributed by atoms with Crippen molar-refractivity contribution in [2.75, 3.05) is 11.1 Å². The van der Waals surface area contributed by atoms with Gasteiger partial charge >= 0.3 is 0 Å². The molecule has 4 nitrogen and oxygen atoms in total. The van der Waals surface area contributed by atoms with Crippen LogP contribution < -0.4 is 11.1 Å². The monoisotopic (exact) mass is 355 g/mol. The fraction of sp³-hybridized carbons (Fsp3) is 0.214. The highest BCUT2D eigenvalue weighted by Gasteiger charge is 2.13. The number of aryl methyl sites for hydroxylation is 1. The third-order valence-electron chi connectivity index (χ3n) is 2.79. The van der Waals surface area contributed by atoms with E-state index in [9.17, 15) is 4.79 Å². The number of nitrogens with one attached hydrogen (secondary N) is 1. The Balaban J connectivity index is 2.21. The summed E-state index contributed by atoms with van der Waals surface area (Å²) in [7, 11) is 0. The summed E-state index contributed by atoms with van der Waals surface area (Å²) in [6.45, 7) is 2.80. The van der Waals surface area contributed by atoms with E-state index < -0.39 is 0 Å². The number of carbonyl (C=O) groups is 1. The third-order valence-corrected chi connectivity index (χ3v) is 4.01. The number of aromatic nitrogens is 1. The van der Waals surface area contributed by atoms with Crippen LogP contribution in [0.4, 0.5) is 11.4 Å². The van der Waals surface area contributed by atoms with E-state index in [-0.39, 0.29) is 5.91 Å². The molecule has 0 atom stereocenters. The van der Waals surface area contributed by atoms with E-state index in [2.05, 4.69) is 21.2 Å². The minimum Gasteiger partial charge on any atom is -0.397 e. The van der Waals surface area contributed by atoms with E-state index in [0.717, 1.165) is 17.4 Å². The predicted octanol–water partition coefficient (Wildman–Crippen LogP) is 4.15. The Morgan fingerprint density at radius 3 is 2.85 bits per heavy atom. The quantitative estimate of drug-likeness (QED) is 0.864. The number of rotatable bonds is 4. The van der Waals surface area contributed by atoms with Crippen LogP contribution in [-0.4, -0.2) is 10.5 Å². The van der Waals surface area contributed by atoms with E-state index in [1.807, 2.05) is 11.5 Å². The fourth-order valence-corrected chi connectivity index (χ4v) is 2.41. The number of carbonyl (C=O) groups excluding carboxylic acids is 1. The van der Waals surface area contributed by atoms with Crippen molar-refractivity contribution in [3.63, 3.8) is 0 Å².